The molecule has 0 fully saturated rings. The van der Waals surface area contributed by atoms with Crippen molar-refractivity contribution in [2.45, 2.75) is 19.6 Å². The molecule has 0 saturated carbocycles. The summed E-state index contributed by atoms with van der Waals surface area (Å²) in [5, 5.41) is 14.4. The predicted molar refractivity (Wildman–Crippen MR) is 105 cm³/mol. The molecule has 2 N–H and O–H groups in total. The number of phenolic OH excluding ortho intramolecular Hbond substituents is 1. The van der Waals surface area contributed by atoms with E-state index in [9.17, 15) is 14.7 Å². The highest BCUT2D eigenvalue weighted by atomic mass is 16.7. The van der Waals surface area contributed by atoms with E-state index in [-0.39, 0.29) is 24.7 Å². The van der Waals surface area contributed by atoms with Gasteiger partial charge in [0.15, 0.2) is 17.6 Å². The lowest BCUT2D eigenvalue weighted by atomic mass is 10.1. The van der Waals surface area contributed by atoms with Crippen molar-refractivity contribution in [1.29, 1.82) is 0 Å². The molecule has 3 aromatic carbocycles. The normalized spacial score (nSPS) is 13.1. The second kappa shape index (κ2) is 7.71. The molecule has 0 aromatic heterocycles. The predicted octanol–water partition coefficient (Wildman–Crippen LogP) is 3.14. The lowest BCUT2D eigenvalue weighted by Gasteiger charge is -2.14. The fraction of sp³-hybridized carbons (Fsp3) is 0.182. The maximum atomic E-state index is 12.4. The Balaban J connectivity index is 1.38. The number of ether oxygens (including phenoxy) is 3. The number of hydrogen-bond donors (Lipinski definition) is 2. The van der Waals surface area contributed by atoms with E-state index >= 15 is 0 Å². The van der Waals surface area contributed by atoms with Crippen LogP contribution in [-0.4, -0.2) is 29.9 Å². The van der Waals surface area contributed by atoms with Crippen LogP contribution in [-0.2, 0) is 16.1 Å². The fourth-order valence-corrected chi connectivity index (χ4v) is 3.05. The van der Waals surface area contributed by atoms with Gasteiger partial charge in [0.05, 0.1) is 0 Å². The van der Waals surface area contributed by atoms with Gasteiger partial charge < -0.3 is 24.6 Å². The van der Waals surface area contributed by atoms with Crippen LogP contribution in [0.5, 0.6) is 17.2 Å². The molecule has 1 atom stereocenters. The van der Waals surface area contributed by atoms with Gasteiger partial charge in [-0.15, -0.1) is 0 Å². The lowest BCUT2D eigenvalue weighted by Crippen LogP contribution is -2.35. The van der Waals surface area contributed by atoms with Crippen molar-refractivity contribution < 1.29 is 28.9 Å². The van der Waals surface area contributed by atoms with Gasteiger partial charge in [-0.3, -0.25) is 4.79 Å². The minimum atomic E-state index is -1.03. The van der Waals surface area contributed by atoms with Crippen molar-refractivity contribution in [2.75, 3.05) is 6.79 Å². The zero-order valence-electron chi connectivity index (χ0n) is 15.7. The van der Waals surface area contributed by atoms with Crippen LogP contribution in [0.1, 0.15) is 22.8 Å². The van der Waals surface area contributed by atoms with Crippen molar-refractivity contribution in [1.82, 2.24) is 5.32 Å². The van der Waals surface area contributed by atoms with E-state index in [1.54, 1.807) is 18.2 Å². The first-order valence-electron chi connectivity index (χ1n) is 9.10. The van der Waals surface area contributed by atoms with Crippen molar-refractivity contribution in [2.24, 2.45) is 0 Å². The van der Waals surface area contributed by atoms with Gasteiger partial charge in [0.1, 0.15) is 11.3 Å². The van der Waals surface area contributed by atoms with Gasteiger partial charge in [-0.2, -0.15) is 0 Å². The molecule has 0 saturated heterocycles. The molecule has 1 heterocycles. The Labute approximate surface area is 166 Å². The molecule has 29 heavy (non-hydrogen) atoms. The second-order valence-corrected chi connectivity index (χ2v) is 6.67. The van der Waals surface area contributed by atoms with Gasteiger partial charge in [0, 0.05) is 6.54 Å². The third-order valence-corrected chi connectivity index (χ3v) is 4.64. The summed E-state index contributed by atoms with van der Waals surface area (Å²) in [5.74, 6) is -0.113. The fourth-order valence-electron chi connectivity index (χ4n) is 3.05. The summed E-state index contributed by atoms with van der Waals surface area (Å²) in [5.41, 5.74) is 0.840. The van der Waals surface area contributed by atoms with Gasteiger partial charge in [-0.1, -0.05) is 30.3 Å². The largest absolute Gasteiger partial charge is 0.507 e. The molecule has 7 heteroatoms. The van der Waals surface area contributed by atoms with Crippen LogP contribution in [0, 0.1) is 0 Å². The Hall–Kier alpha value is -3.74. The molecule has 4 rings (SSSR count). The molecule has 148 valence electrons. The average Bonchev–Trinajstić information content (AvgIpc) is 3.19. The summed E-state index contributed by atoms with van der Waals surface area (Å²) in [7, 11) is 0. The first kappa shape index (κ1) is 18.6. The highest BCUT2D eigenvalue weighted by molar-refractivity contribution is 5.99. The van der Waals surface area contributed by atoms with Gasteiger partial charge in [0.2, 0.25) is 6.79 Å². The number of fused-ring (bicyclic) bond motifs is 2. The quantitative estimate of drug-likeness (QED) is 0.647. The first-order valence-corrected chi connectivity index (χ1v) is 9.10. The number of amides is 1. The number of carbonyl (C=O) groups is 2. The van der Waals surface area contributed by atoms with E-state index in [0.29, 0.717) is 11.5 Å². The maximum Gasteiger partial charge on any atom is 0.342 e. The highest BCUT2D eigenvalue weighted by Crippen LogP contribution is 2.32. The molecule has 0 aliphatic carbocycles. The van der Waals surface area contributed by atoms with Crippen LogP contribution in [0.25, 0.3) is 10.8 Å². The summed E-state index contributed by atoms with van der Waals surface area (Å²) in [6.45, 7) is 1.91. The molecule has 1 amide bonds. The third kappa shape index (κ3) is 3.94. The van der Waals surface area contributed by atoms with Gasteiger partial charge >= 0.3 is 5.97 Å². The van der Waals surface area contributed by atoms with Crippen molar-refractivity contribution in [3.63, 3.8) is 0 Å². The van der Waals surface area contributed by atoms with E-state index in [1.165, 1.54) is 13.0 Å². The van der Waals surface area contributed by atoms with Gasteiger partial charge in [-0.25, -0.2) is 4.79 Å². The van der Waals surface area contributed by atoms with Crippen molar-refractivity contribution in [3.8, 4) is 17.2 Å². The summed E-state index contributed by atoms with van der Waals surface area (Å²) >= 11 is 0. The molecule has 3 aromatic rings. The zero-order valence-corrected chi connectivity index (χ0v) is 15.7. The Morgan fingerprint density at radius 2 is 1.79 bits per heavy atom. The van der Waals surface area contributed by atoms with Crippen molar-refractivity contribution >= 4 is 22.6 Å². The molecule has 7 nitrogen and oxygen atoms in total. The Morgan fingerprint density at radius 3 is 2.59 bits per heavy atom. The average molecular weight is 393 g/mol. The number of esters is 1. The number of nitrogens with one attached hydrogen (secondary N) is 1. The number of hydrogen-bond acceptors (Lipinski definition) is 6. The number of carbonyl (C=O) groups excluding carboxylic acids is 2. The zero-order chi connectivity index (χ0) is 20.4. The van der Waals surface area contributed by atoms with Crippen LogP contribution < -0.4 is 14.8 Å². The van der Waals surface area contributed by atoms with E-state index in [1.807, 2.05) is 30.3 Å². The van der Waals surface area contributed by atoms with Crippen LogP contribution in [0.4, 0.5) is 0 Å². The third-order valence-electron chi connectivity index (χ3n) is 4.64. The van der Waals surface area contributed by atoms with Crippen LogP contribution in [0.3, 0.4) is 0 Å². The molecule has 1 aliphatic heterocycles. The summed E-state index contributed by atoms with van der Waals surface area (Å²) in [6.07, 6.45) is -1.03. The minimum absolute atomic E-state index is 0.0131. The standard InChI is InChI=1S/C22H19NO6/c1-13(21(25)23-11-14-6-7-19-20(8-14)28-12-27-19)29-22(26)17-9-15-4-2-3-5-16(15)10-18(17)24/h2-10,13,24H,11-12H2,1H3,(H,23,25)/t13-/m0/s1. The summed E-state index contributed by atoms with van der Waals surface area (Å²) in [6, 6.07) is 15.7. The smallest absolute Gasteiger partial charge is 0.342 e. The number of rotatable bonds is 5. The molecule has 0 unspecified atom stereocenters. The molecular formula is C22H19NO6. The van der Waals surface area contributed by atoms with E-state index in [2.05, 4.69) is 5.32 Å². The molecule has 1 aliphatic rings. The lowest BCUT2D eigenvalue weighted by molar-refractivity contribution is -0.129. The SMILES string of the molecule is C[C@H](OC(=O)c1cc2ccccc2cc1O)C(=O)NCc1ccc2c(c1)OCO2. The van der Waals surface area contributed by atoms with Gasteiger partial charge in [0.25, 0.3) is 5.91 Å². The van der Waals surface area contributed by atoms with Gasteiger partial charge in [-0.05, 0) is 47.5 Å². The molecule has 0 bridgehead atoms. The maximum absolute atomic E-state index is 12.4. The number of phenols is 1. The summed E-state index contributed by atoms with van der Waals surface area (Å²) < 4.78 is 15.8. The topological polar surface area (TPSA) is 94.1 Å². The second-order valence-electron chi connectivity index (χ2n) is 6.67. The number of benzene rings is 3. The monoisotopic (exact) mass is 393 g/mol. The molecule has 0 radical (unpaired) electrons. The van der Waals surface area contributed by atoms with E-state index in [4.69, 9.17) is 14.2 Å². The van der Waals surface area contributed by atoms with Crippen LogP contribution in [0.15, 0.2) is 54.6 Å². The van der Waals surface area contributed by atoms with Crippen LogP contribution in [0.2, 0.25) is 0 Å². The van der Waals surface area contributed by atoms with E-state index in [0.717, 1.165) is 16.3 Å². The Morgan fingerprint density at radius 1 is 1.07 bits per heavy atom. The summed E-state index contributed by atoms with van der Waals surface area (Å²) in [4.78, 5) is 24.7. The number of aromatic hydroxyl groups is 1. The van der Waals surface area contributed by atoms with E-state index < -0.39 is 18.0 Å². The highest BCUT2D eigenvalue weighted by Gasteiger charge is 2.21. The first-order chi connectivity index (χ1) is 14.0. The molecular weight excluding hydrogens is 374 g/mol. The van der Waals surface area contributed by atoms with Crippen LogP contribution >= 0.6 is 0 Å². The Bertz CT molecular complexity index is 1090. The Kier molecular flexibility index (Phi) is 4.95. The molecule has 0 spiro atoms. The van der Waals surface area contributed by atoms with Crippen molar-refractivity contribution in [3.05, 3.63) is 65.7 Å². The minimum Gasteiger partial charge on any atom is -0.507 e.